The normalized spacial score (nSPS) is 26.0. The van der Waals surface area contributed by atoms with Crippen molar-refractivity contribution in [2.24, 2.45) is 0 Å². The molecule has 2 N–H and O–H groups in total. The molecule has 188 valence electrons. The second kappa shape index (κ2) is 9.12. The number of H-pyrrole nitrogens is 1. The van der Waals surface area contributed by atoms with Crippen molar-refractivity contribution < 1.29 is 25.5 Å². The van der Waals surface area contributed by atoms with E-state index < -0.39 is 71.5 Å². The standard InChI is InChI=1S/C24H19ClF2N8O2/c25-15-2-4-18(34-11-30-32-33-34)21(23(15)27)12-7-13-1-3-19(35(13)20(37)8-12)24-29-9-16(31-24)14-5-6-28-17(10-36)22(14)26/h2,4-6,8-9,11,13,19,36H,1,3,7,10H2,(H,29,31)/t13-,19?/m1/s1/i1D2,7D2,13D. The number of nitrogens with one attached hydrogen (secondary N) is 1. The predicted octanol–water partition coefficient (Wildman–Crippen LogP) is 3.39. The molecular formula is C24H19ClF2N8O2. The largest absolute Gasteiger partial charge is 0.390 e. The Morgan fingerprint density at radius 3 is 2.92 bits per heavy atom. The zero-order chi connectivity index (χ0) is 30.2. The van der Waals surface area contributed by atoms with Crippen molar-refractivity contribution >= 4 is 23.1 Å². The number of aromatic amines is 1. The highest BCUT2D eigenvalue weighted by Gasteiger charge is 2.42. The van der Waals surface area contributed by atoms with E-state index in [9.17, 15) is 15.7 Å². The van der Waals surface area contributed by atoms with Crippen molar-refractivity contribution in [1.82, 2.24) is 40.1 Å². The molecule has 1 saturated heterocycles. The highest BCUT2D eigenvalue weighted by molar-refractivity contribution is 6.31. The maximum atomic E-state index is 15.6. The lowest BCUT2D eigenvalue weighted by Crippen LogP contribution is -2.39. The molecule has 2 atom stereocenters. The Balaban J connectivity index is 1.49. The molecule has 4 aromatic rings. The van der Waals surface area contributed by atoms with E-state index in [1.165, 1.54) is 30.6 Å². The van der Waals surface area contributed by atoms with Gasteiger partial charge in [0.2, 0.25) is 5.91 Å². The summed E-state index contributed by atoms with van der Waals surface area (Å²) in [5.74, 6) is -2.95. The van der Waals surface area contributed by atoms with Crippen LogP contribution in [0.1, 0.15) is 49.1 Å². The van der Waals surface area contributed by atoms with Gasteiger partial charge in [0.05, 0.1) is 36.6 Å². The number of hydrogen-bond acceptors (Lipinski definition) is 7. The number of carbonyl (C=O) groups is 1. The third kappa shape index (κ3) is 3.89. The number of tetrazole rings is 1. The average molecular weight is 530 g/mol. The maximum absolute atomic E-state index is 15.6. The minimum absolute atomic E-state index is 0.0000107. The fourth-order valence-corrected chi connectivity index (χ4v) is 4.47. The molecule has 10 nitrogen and oxygen atoms in total. The summed E-state index contributed by atoms with van der Waals surface area (Å²) in [5.41, 5.74) is -1.30. The summed E-state index contributed by atoms with van der Waals surface area (Å²) in [6.07, 6.45) is -1.85. The zero-order valence-electron chi connectivity index (χ0n) is 23.7. The van der Waals surface area contributed by atoms with E-state index in [2.05, 4.69) is 30.5 Å². The van der Waals surface area contributed by atoms with Crippen molar-refractivity contribution in [3.8, 4) is 16.9 Å². The quantitative estimate of drug-likeness (QED) is 0.406. The van der Waals surface area contributed by atoms with Crippen LogP contribution in [0.3, 0.4) is 0 Å². The molecule has 0 aliphatic carbocycles. The first-order chi connectivity index (χ1) is 19.8. The molecule has 1 aromatic carbocycles. The molecule has 1 amide bonds. The van der Waals surface area contributed by atoms with Gasteiger partial charge >= 0.3 is 0 Å². The lowest BCUT2D eigenvalue weighted by Gasteiger charge is -2.33. The van der Waals surface area contributed by atoms with Gasteiger partial charge in [-0.25, -0.2) is 13.8 Å². The Hall–Kier alpha value is -4.03. The van der Waals surface area contributed by atoms with Crippen LogP contribution in [0.25, 0.3) is 22.5 Å². The van der Waals surface area contributed by atoms with Gasteiger partial charge in [-0.3, -0.25) is 9.78 Å². The second-order valence-corrected chi connectivity index (χ2v) is 8.51. The van der Waals surface area contributed by atoms with Gasteiger partial charge in [0, 0.05) is 34.9 Å². The summed E-state index contributed by atoms with van der Waals surface area (Å²) in [6.45, 7) is -0.654. The number of imidazole rings is 1. The first kappa shape index (κ1) is 18.3. The first-order valence-electron chi connectivity index (χ1n) is 13.4. The van der Waals surface area contributed by atoms with Crippen LogP contribution in [0, 0.1) is 11.6 Å². The summed E-state index contributed by atoms with van der Waals surface area (Å²) in [6, 6.07) is -0.377. The van der Waals surface area contributed by atoms with Crippen LogP contribution in [-0.2, 0) is 11.4 Å². The first-order valence-corrected chi connectivity index (χ1v) is 11.3. The molecule has 37 heavy (non-hydrogen) atoms. The van der Waals surface area contributed by atoms with E-state index >= 15 is 4.39 Å². The smallest absolute Gasteiger partial charge is 0.247 e. The predicted molar refractivity (Wildman–Crippen MR) is 127 cm³/mol. The molecule has 2 aliphatic rings. The Bertz CT molecular complexity index is 1770. The van der Waals surface area contributed by atoms with Gasteiger partial charge in [-0.05, 0) is 53.4 Å². The topological polar surface area (TPSA) is 126 Å². The van der Waals surface area contributed by atoms with Gasteiger partial charge in [0.25, 0.3) is 0 Å². The minimum atomic E-state index is -3.02. The van der Waals surface area contributed by atoms with Gasteiger partial charge in [-0.2, -0.15) is 4.68 Å². The number of aliphatic hydroxyl groups is 1. The lowest BCUT2D eigenvalue weighted by atomic mass is 9.92. The summed E-state index contributed by atoms with van der Waals surface area (Å²) < 4.78 is 76.3. The van der Waals surface area contributed by atoms with E-state index in [4.69, 9.17) is 17.1 Å². The summed E-state index contributed by atoms with van der Waals surface area (Å²) in [7, 11) is 0. The molecule has 0 bridgehead atoms. The zero-order valence-corrected chi connectivity index (χ0v) is 19.4. The molecule has 6 rings (SSSR count). The van der Waals surface area contributed by atoms with Gasteiger partial charge in [-0.1, -0.05) is 11.6 Å². The molecule has 2 aliphatic heterocycles. The average Bonchev–Trinajstić information content (AvgIpc) is 3.69. The Labute approximate surface area is 220 Å². The number of pyridine rings is 1. The molecule has 1 unspecified atom stereocenters. The van der Waals surface area contributed by atoms with Crippen molar-refractivity contribution in [3.05, 3.63) is 76.7 Å². The van der Waals surface area contributed by atoms with Gasteiger partial charge < -0.3 is 15.0 Å². The Morgan fingerprint density at radius 2 is 2.14 bits per heavy atom. The number of benzene rings is 1. The minimum Gasteiger partial charge on any atom is -0.390 e. The summed E-state index contributed by atoms with van der Waals surface area (Å²) >= 11 is 6.03. The van der Waals surface area contributed by atoms with Gasteiger partial charge in [0.15, 0.2) is 11.6 Å². The molecule has 13 heteroatoms. The molecule has 3 aromatic heterocycles. The fourth-order valence-electron chi connectivity index (χ4n) is 4.31. The second-order valence-electron chi connectivity index (χ2n) is 8.11. The van der Waals surface area contributed by atoms with Crippen LogP contribution in [0.4, 0.5) is 8.78 Å². The number of aromatic nitrogens is 7. The van der Waals surface area contributed by atoms with Crippen LogP contribution < -0.4 is 0 Å². The summed E-state index contributed by atoms with van der Waals surface area (Å²) in [5, 5.41) is 19.7. The van der Waals surface area contributed by atoms with Gasteiger partial charge in [0.1, 0.15) is 17.8 Å². The Morgan fingerprint density at radius 1 is 1.27 bits per heavy atom. The van der Waals surface area contributed by atoms with E-state index in [1.807, 2.05) is 0 Å². The highest BCUT2D eigenvalue weighted by Crippen LogP contribution is 2.44. The molecule has 0 spiro atoms. The van der Waals surface area contributed by atoms with Crippen LogP contribution in [0.5, 0.6) is 0 Å². The third-order valence-corrected chi connectivity index (χ3v) is 6.32. The van der Waals surface area contributed by atoms with Crippen molar-refractivity contribution in [2.75, 3.05) is 0 Å². The highest BCUT2D eigenvalue weighted by atomic mass is 35.5. The van der Waals surface area contributed by atoms with Crippen molar-refractivity contribution in [3.63, 3.8) is 0 Å². The number of rotatable bonds is 5. The number of aliphatic hydroxyl groups excluding tert-OH is 1. The van der Waals surface area contributed by atoms with Gasteiger partial charge in [-0.15, -0.1) is 5.10 Å². The molecule has 0 saturated carbocycles. The van der Waals surface area contributed by atoms with Crippen molar-refractivity contribution in [1.29, 1.82) is 0 Å². The maximum Gasteiger partial charge on any atom is 0.247 e. The fraction of sp³-hybridized carbons (Fsp3) is 0.250. The Kier molecular flexibility index (Phi) is 4.50. The number of fused-ring (bicyclic) bond motifs is 1. The number of halogens is 3. The third-order valence-electron chi connectivity index (χ3n) is 6.02. The van der Waals surface area contributed by atoms with Crippen molar-refractivity contribution in [2.45, 2.75) is 37.8 Å². The van der Waals surface area contributed by atoms with E-state index in [1.54, 1.807) is 0 Å². The summed E-state index contributed by atoms with van der Waals surface area (Å²) in [4.78, 5) is 25.2. The molecule has 1 fully saturated rings. The number of nitrogens with zero attached hydrogens (tertiary/aromatic N) is 7. The van der Waals surface area contributed by atoms with Crippen LogP contribution in [0.15, 0.2) is 43.0 Å². The van der Waals surface area contributed by atoms with E-state index in [-0.39, 0.29) is 28.5 Å². The van der Waals surface area contributed by atoms with Crippen LogP contribution >= 0.6 is 11.6 Å². The molecule has 5 heterocycles. The van der Waals surface area contributed by atoms with E-state index in [0.717, 1.165) is 22.0 Å². The number of hydrogen-bond donors (Lipinski definition) is 2. The van der Waals surface area contributed by atoms with E-state index in [0.29, 0.717) is 0 Å². The number of amides is 1. The monoisotopic (exact) mass is 529 g/mol. The molecular weight excluding hydrogens is 506 g/mol. The molecule has 0 radical (unpaired) electrons. The van der Waals surface area contributed by atoms with Crippen LogP contribution in [0.2, 0.25) is 5.02 Å². The van der Waals surface area contributed by atoms with Crippen LogP contribution in [-0.4, -0.2) is 57.1 Å². The lowest BCUT2D eigenvalue weighted by molar-refractivity contribution is -0.129. The number of carbonyl (C=O) groups excluding carboxylic acids is 1. The SMILES string of the molecule is [2H]C1([2H])CC(c2ncc(-c3ccnc(CO)c3F)[nH]2)N2C(=O)C=C(c3c(-n4cnnn4)ccc(Cl)c3F)C([2H])([2H])[C@]21[2H].